The number of nitriles is 1. The molecule has 0 N–H and O–H groups in total. The van der Waals surface area contributed by atoms with E-state index in [1.54, 1.807) is 0 Å². The summed E-state index contributed by atoms with van der Waals surface area (Å²) < 4.78 is 38.1. The van der Waals surface area contributed by atoms with E-state index in [0.29, 0.717) is 5.56 Å². The Morgan fingerprint density at radius 2 is 1.75 bits per heavy atom. The lowest BCUT2D eigenvalue weighted by Gasteiger charge is -2.08. The molecule has 0 aliphatic rings. The Labute approximate surface area is 121 Å². The zero-order valence-electron chi connectivity index (χ0n) is 9.54. The maximum Gasteiger partial charge on any atom is 0.433 e. The number of nitrogens with zero attached hydrogens (tertiary/aromatic N) is 3. The van der Waals surface area contributed by atoms with Crippen molar-refractivity contribution in [3.8, 4) is 17.3 Å². The van der Waals surface area contributed by atoms with Crippen molar-refractivity contribution in [2.24, 2.45) is 0 Å². The molecule has 0 unspecified atom stereocenters. The van der Waals surface area contributed by atoms with Gasteiger partial charge >= 0.3 is 6.18 Å². The summed E-state index contributed by atoms with van der Waals surface area (Å²) in [5.74, 6) is -0.569. The number of benzene rings is 1. The molecule has 1 aromatic carbocycles. The van der Waals surface area contributed by atoms with Crippen LogP contribution in [0.15, 0.2) is 24.3 Å². The van der Waals surface area contributed by atoms with E-state index in [1.807, 2.05) is 0 Å². The van der Waals surface area contributed by atoms with Crippen molar-refractivity contribution >= 4 is 23.2 Å². The van der Waals surface area contributed by atoms with E-state index in [1.165, 1.54) is 24.3 Å². The quantitative estimate of drug-likeness (QED) is 0.786. The third kappa shape index (κ3) is 3.00. The Kier molecular flexibility index (Phi) is 3.84. The average molecular weight is 318 g/mol. The molecule has 0 spiro atoms. The molecule has 1 heterocycles. The summed E-state index contributed by atoms with van der Waals surface area (Å²) in [6, 6.07) is 6.50. The summed E-state index contributed by atoms with van der Waals surface area (Å²) >= 11 is 11.5. The number of hydrogen-bond acceptors (Lipinski definition) is 3. The molecular formula is C12H4Cl2F3N3. The second-order valence-corrected chi connectivity index (χ2v) is 4.51. The molecule has 2 rings (SSSR count). The smallest absolute Gasteiger partial charge is 0.219 e. The van der Waals surface area contributed by atoms with Crippen LogP contribution in [-0.4, -0.2) is 9.97 Å². The number of aromatic nitrogens is 2. The van der Waals surface area contributed by atoms with Crippen molar-refractivity contribution in [3.05, 3.63) is 45.8 Å². The first-order valence-electron chi connectivity index (χ1n) is 5.13. The first-order valence-corrected chi connectivity index (χ1v) is 5.88. The van der Waals surface area contributed by atoms with Crippen molar-refractivity contribution in [1.29, 1.82) is 5.26 Å². The number of hydrogen-bond donors (Lipinski definition) is 0. The molecule has 8 heteroatoms. The first kappa shape index (κ1) is 14.6. The molecule has 0 amide bonds. The third-order valence-electron chi connectivity index (χ3n) is 2.33. The predicted molar refractivity (Wildman–Crippen MR) is 67.2 cm³/mol. The summed E-state index contributed by atoms with van der Waals surface area (Å²) in [6.45, 7) is 0. The lowest BCUT2D eigenvalue weighted by molar-refractivity contribution is -0.141. The fourth-order valence-corrected chi connectivity index (χ4v) is 1.74. The highest BCUT2D eigenvalue weighted by Gasteiger charge is 2.33. The number of alkyl halides is 3. The normalized spacial score (nSPS) is 11.2. The maximum atomic E-state index is 12.7. The van der Waals surface area contributed by atoms with Gasteiger partial charge in [-0.05, 0) is 18.2 Å². The van der Waals surface area contributed by atoms with Gasteiger partial charge in [-0.2, -0.15) is 18.4 Å². The van der Waals surface area contributed by atoms with Crippen LogP contribution in [-0.2, 0) is 6.18 Å². The van der Waals surface area contributed by atoms with E-state index in [2.05, 4.69) is 9.97 Å². The summed E-state index contributed by atoms with van der Waals surface area (Å²) in [7, 11) is 0. The molecule has 0 atom stereocenters. The van der Waals surface area contributed by atoms with Gasteiger partial charge in [0.1, 0.15) is 11.8 Å². The zero-order valence-corrected chi connectivity index (χ0v) is 11.1. The van der Waals surface area contributed by atoms with Crippen LogP contribution in [0, 0.1) is 11.3 Å². The second-order valence-electron chi connectivity index (χ2n) is 3.70. The molecule has 20 heavy (non-hydrogen) atoms. The van der Waals surface area contributed by atoms with Crippen molar-refractivity contribution in [2.45, 2.75) is 6.18 Å². The highest BCUT2D eigenvalue weighted by molar-refractivity contribution is 6.42. The largest absolute Gasteiger partial charge is 0.433 e. The Hall–Kier alpha value is -1.84. The molecule has 2 aromatic rings. The van der Waals surface area contributed by atoms with Crippen molar-refractivity contribution in [2.75, 3.05) is 0 Å². The lowest BCUT2D eigenvalue weighted by Crippen LogP contribution is -2.10. The SMILES string of the molecule is N#Cc1nc(-c2ccc(Cl)c(Cl)c2)cc(C(F)(F)F)n1. The van der Waals surface area contributed by atoms with Crippen LogP contribution in [0.5, 0.6) is 0 Å². The Balaban J connectivity index is 2.62. The lowest BCUT2D eigenvalue weighted by atomic mass is 10.1. The highest BCUT2D eigenvalue weighted by atomic mass is 35.5. The Bertz CT molecular complexity index is 708. The van der Waals surface area contributed by atoms with Crippen LogP contribution in [0.25, 0.3) is 11.3 Å². The standard InChI is InChI=1S/C12H4Cl2F3N3/c13-7-2-1-6(3-8(7)14)9-4-10(12(15,16)17)20-11(5-18)19-9/h1-4H. The fourth-order valence-electron chi connectivity index (χ4n) is 1.45. The topological polar surface area (TPSA) is 49.6 Å². The monoisotopic (exact) mass is 317 g/mol. The zero-order chi connectivity index (χ0) is 14.9. The van der Waals surface area contributed by atoms with Crippen LogP contribution >= 0.6 is 23.2 Å². The third-order valence-corrected chi connectivity index (χ3v) is 3.07. The highest BCUT2D eigenvalue weighted by Crippen LogP contribution is 2.32. The summed E-state index contributed by atoms with van der Waals surface area (Å²) in [4.78, 5) is 6.86. The van der Waals surface area contributed by atoms with Gasteiger partial charge in [0, 0.05) is 5.56 Å². The molecule has 0 saturated heterocycles. The molecule has 0 aliphatic heterocycles. The predicted octanol–water partition coefficient (Wildman–Crippen LogP) is 4.34. The van der Waals surface area contributed by atoms with Crippen LogP contribution in [0.2, 0.25) is 10.0 Å². The van der Waals surface area contributed by atoms with Crippen molar-refractivity contribution < 1.29 is 13.2 Å². The van der Waals surface area contributed by atoms with Crippen LogP contribution in [0.3, 0.4) is 0 Å². The second kappa shape index (κ2) is 5.27. The van der Waals surface area contributed by atoms with Crippen molar-refractivity contribution in [3.63, 3.8) is 0 Å². The number of rotatable bonds is 1. The van der Waals surface area contributed by atoms with Crippen LogP contribution in [0.4, 0.5) is 13.2 Å². The summed E-state index contributed by atoms with van der Waals surface area (Å²) in [5, 5.41) is 9.15. The van der Waals surface area contributed by atoms with Crippen LogP contribution < -0.4 is 0 Å². The van der Waals surface area contributed by atoms with E-state index in [-0.39, 0.29) is 15.7 Å². The minimum atomic E-state index is -4.67. The molecule has 0 radical (unpaired) electrons. The molecule has 0 saturated carbocycles. The van der Waals surface area contributed by atoms with E-state index in [4.69, 9.17) is 28.5 Å². The number of halogens is 5. The fraction of sp³-hybridized carbons (Fsp3) is 0.0833. The van der Waals surface area contributed by atoms with Gasteiger partial charge < -0.3 is 0 Å². The molecular weight excluding hydrogens is 314 g/mol. The first-order chi connectivity index (χ1) is 9.31. The Morgan fingerprint density at radius 3 is 2.30 bits per heavy atom. The van der Waals surface area contributed by atoms with E-state index in [0.717, 1.165) is 6.07 Å². The summed E-state index contributed by atoms with van der Waals surface area (Å²) in [6.07, 6.45) is -4.67. The molecule has 0 bridgehead atoms. The molecule has 3 nitrogen and oxygen atoms in total. The molecule has 1 aromatic heterocycles. The Morgan fingerprint density at radius 1 is 1.05 bits per heavy atom. The van der Waals surface area contributed by atoms with Gasteiger partial charge in [0.15, 0.2) is 0 Å². The van der Waals surface area contributed by atoms with Gasteiger partial charge in [-0.1, -0.05) is 29.3 Å². The van der Waals surface area contributed by atoms with E-state index >= 15 is 0 Å². The van der Waals surface area contributed by atoms with Gasteiger partial charge in [-0.3, -0.25) is 0 Å². The average Bonchev–Trinajstić information content (AvgIpc) is 2.40. The van der Waals surface area contributed by atoms with Crippen LogP contribution in [0.1, 0.15) is 11.5 Å². The van der Waals surface area contributed by atoms with E-state index in [9.17, 15) is 13.2 Å². The van der Waals surface area contributed by atoms with Gasteiger partial charge in [0.2, 0.25) is 5.82 Å². The van der Waals surface area contributed by atoms with Crippen molar-refractivity contribution in [1.82, 2.24) is 9.97 Å². The van der Waals surface area contributed by atoms with Gasteiger partial charge in [0.05, 0.1) is 15.7 Å². The molecule has 0 fully saturated rings. The molecule has 0 aliphatic carbocycles. The maximum absolute atomic E-state index is 12.7. The molecule has 102 valence electrons. The van der Waals surface area contributed by atoms with Gasteiger partial charge in [-0.15, -0.1) is 0 Å². The van der Waals surface area contributed by atoms with Gasteiger partial charge in [0.25, 0.3) is 0 Å². The summed E-state index contributed by atoms with van der Waals surface area (Å²) in [5.41, 5.74) is -0.934. The minimum absolute atomic E-state index is 0.0533. The van der Waals surface area contributed by atoms with E-state index < -0.39 is 17.7 Å². The van der Waals surface area contributed by atoms with Gasteiger partial charge in [-0.25, -0.2) is 9.97 Å². The minimum Gasteiger partial charge on any atom is -0.219 e.